The predicted octanol–water partition coefficient (Wildman–Crippen LogP) is 4.72. The molecule has 0 fully saturated rings. The summed E-state index contributed by atoms with van der Waals surface area (Å²) in [5, 5.41) is 0. The molecule has 1 amide bonds. The number of esters is 1. The second-order valence-electron chi connectivity index (χ2n) is 7.67. The van der Waals surface area contributed by atoms with Crippen LogP contribution in [-0.4, -0.2) is 30.0 Å². The Hall–Kier alpha value is -3.22. The minimum Gasteiger partial charge on any atom is -0.496 e. The Balaban J connectivity index is 2.08. The van der Waals surface area contributed by atoms with Crippen molar-refractivity contribution in [3.63, 3.8) is 0 Å². The van der Waals surface area contributed by atoms with E-state index in [0.717, 1.165) is 12.1 Å². The summed E-state index contributed by atoms with van der Waals surface area (Å²) < 4.78 is 38.4. The molecule has 5 nitrogen and oxygen atoms in total. The van der Waals surface area contributed by atoms with Crippen LogP contribution in [0.2, 0.25) is 0 Å². The highest BCUT2D eigenvalue weighted by molar-refractivity contribution is 5.96. The minimum atomic E-state index is -0.751. The quantitative estimate of drug-likeness (QED) is 0.624. The first-order valence-corrected chi connectivity index (χ1v) is 10.0. The van der Waals surface area contributed by atoms with Gasteiger partial charge in [-0.1, -0.05) is 24.3 Å². The predicted molar refractivity (Wildman–Crippen MR) is 111 cm³/mol. The molecular weight excluding hydrogens is 404 g/mol. The van der Waals surface area contributed by atoms with Crippen molar-refractivity contribution in [2.45, 2.75) is 45.8 Å². The third-order valence-electron chi connectivity index (χ3n) is 5.24. The lowest BCUT2D eigenvalue weighted by Crippen LogP contribution is -2.38. The average molecular weight is 429 g/mol. The number of methoxy groups -OCH3 is 1. The number of hydrogen-bond acceptors (Lipinski definition) is 4. The number of nitrogens with zero attached hydrogens (tertiary/aromatic N) is 1. The second kappa shape index (κ2) is 9.29. The molecule has 0 bridgehead atoms. The Labute approximate surface area is 180 Å². The third-order valence-corrected chi connectivity index (χ3v) is 5.24. The van der Waals surface area contributed by atoms with Crippen LogP contribution < -0.4 is 4.74 Å². The Kier molecular flexibility index (Phi) is 6.73. The monoisotopic (exact) mass is 429 g/mol. The Morgan fingerprint density at radius 3 is 2.55 bits per heavy atom. The number of allylic oxidation sites excluding steroid dienone is 1. The zero-order valence-electron chi connectivity index (χ0n) is 17.9. The molecule has 0 radical (unpaired) electrons. The van der Waals surface area contributed by atoms with E-state index in [-0.39, 0.29) is 30.5 Å². The Bertz CT molecular complexity index is 1030. The fourth-order valence-corrected chi connectivity index (χ4v) is 3.79. The maximum atomic E-state index is 14.2. The van der Waals surface area contributed by atoms with Crippen molar-refractivity contribution in [3.05, 3.63) is 76.5 Å². The van der Waals surface area contributed by atoms with Gasteiger partial charge >= 0.3 is 5.97 Å². The van der Waals surface area contributed by atoms with E-state index in [1.807, 2.05) is 12.1 Å². The Morgan fingerprint density at radius 1 is 1.19 bits per heavy atom. The standard InChI is InChI=1S/C24H25F2NO4/c1-14(2)31-24(29)23-15(3)27(13-16-9-10-17(25)11-20(16)26)22(28)12-19(23)18-7-5-6-8-21(18)30-4/h5-11,14,19H,12-13H2,1-4H3. The maximum absolute atomic E-state index is 14.2. The molecule has 0 aromatic heterocycles. The molecule has 1 aliphatic heterocycles. The van der Waals surface area contributed by atoms with Crippen molar-refractivity contribution >= 4 is 11.9 Å². The van der Waals surface area contributed by atoms with Gasteiger partial charge in [-0.25, -0.2) is 13.6 Å². The van der Waals surface area contributed by atoms with E-state index in [2.05, 4.69) is 0 Å². The molecule has 1 atom stereocenters. The first-order valence-electron chi connectivity index (χ1n) is 10.0. The SMILES string of the molecule is COc1ccccc1C1CC(=O)N(Cc2ccc(F)cc2F)C(C)=C1C(=O)OC(C)C. The first kappa shape index (κ1) is 22.5. The van der Waals surface area contributed by atoms with Gasteiger partial charge in [0.25, 0.3) is 0 Å². The van der Waals surface area contributed by atoms with Gasteiger partial charge in [-0.15, -0.1) is 0 Å². The smallest absolute Gasteiger partial charge is 0.336 e. The van der Waals surface area contributed by atoms with Crippen molar-refractivity contribution in [1.29, 1.82) is 0 Å². The van der Waals surface area contributed by atoms with Crippen molar-refractivity contribution < 1.29 is 27.8 Å². The molecule has 1 aliphatic rings. The van der Waals surface area contributed by atoms with Gasteiger partial charge in [0, 0.05) is 35.2 Å². The molecule has 1 unspecified atom stereocenters. The van der Waals surface area contributed by atoms with Crippen LogP contribution in [-0.2, 0) is 20.9 Å². The van der Waals surface area contributed by atoms with Gasteiger partial charge in [-0.2, -0.15) is 0 Å². The van der Waals surface area contributed by atoms with Crippen LogP contribution in [0.3, 0.4) is 0 Å². The van der Waals surface area contributed by atoms with Crippen molar-refractivity contribution in [1.82, 2.24) is 4.90 Å². The van der Waals surface area contributed by atoms with Gasteiger partial charge in [0.15, 0.2) is 0 Å². The zero-order chi connectivity index (χ0) is 22.7. The summed E-state index contributed by atoms with van der Waals surface area (Å²) in [4.78, 5) is 27.4. The summed E-state index contributed by atoms with van der Waals surface area (Å²) in [7, 11) is 1.52. The van der Waals surface area contributed by atoms with Crippen LogP contribution in [0.15, 0.2) is 53.7 Å². The molecule has 0 saturated carbocycles. The molecule has 2 aromatic carbocycles. The van der Waals surface area contributed by atoms with Gasteiger partial charge in [0.05, 0.1) is 25.3 Å². The van der Waals surface area contributed by atoms with E-state index in [1.165, 1.54) is 18.1 Å². The lowest BCUT2D eigenvalue weighted by molar-refractivity contribution is -0.143. The van der Waals surface area contributed by atoms with E-state index < -0.39 is 23.5 Å². The highest BCUT2D eigenvalue weighted by atomic mass is 19.1. The summed E-state index contributed by atoms with van der Waals surface area (Å²) in [6.45, 7) is 5.00. The summed E-state index contributed by atoms with van der Waals surface area (Å²) in [5.41, 5.74) is 1.55. The number of ether oxygens (including phenoxy) is 2. The number of halogens is 2. The molecule has 0 N–H and O–H groups in total. The molecule has 3 rings (SSSR count). The van der Waals surface area contributed by atoms with Crippen LogP contribution in [0, 0.1) is 11.6 Å². The van der Waals surface area contributed by atoms with Crippen LogP contribution in [0.25, 0.3) is 0 Å². The highest BCUT2D eigenvalue weighted by Gasteiger charge is 2.38. The molecule has 164 valence electrons. The fraction of sp³-hybridized carbons (Fsp3) is 0.333. The molecule has 0 spiro atoms. The summed E-state index contributed by atoms with van der Waals surface area (Å²) in [6, 6.07) is 10.4. The van der Waals surface area contributed by atoms with E-state index in [9.17, 15) is 18.4 Å². The Morgan fingerprint density at radius 2 is 1.90 bits per heavy atom. The highest BCUT2D eigenvalue weighted by Crippen LogP contribution is 2.41. The van der Waals surface area contributed by atoms with Crippen molar-refractivity contribution in [2.24, 2.45) is 0 Å². The topological polar surface area (TPSA) is 55.8 Å². The lowest BCUT2D eigenvalue weighted by Gasteiger charge is -2.35. The van der Waals surface area contributed by atoms with Gasteiger partial charge < -0.3 is 14.4 Å². The van der Waals surface area contributed by atoms with Gasteiger partial charge in [-0.05, 0) is 32.9 Å². The fourth-order valence-electron chi connectivity index (χ4n) is 3.79. The van der Waals surface area contributed by atoms with Crippen LogP contribution in [0.1, 0.15) is 44.2 Å². The summed E-state index contributed by atoms with van der Waals surface area (Å²) >= 11 is 0. The molecule has 1 heterocycles. The number of amides is 1. The van der Waals surface area contributed by atoms with E-state index >= 15 is 0 Å². The first-order chi connectivity index (χ1) is 14.7. The number of para-hydroxylation sites is 1. The van der Waals surface area contributed by atoms with Crippen LogP contribution >= 0.6 is 0 Å². The minimum absolute atomic E-state index is 0.0109. The normalized spacial score (nSPS) is 16.7. The number of rotatable bonds is 6. The summed E-state index contributed by atoms with van der Waals surface area (Å²) in [6.07, 6.45) is -0.366. The largest absolute Gasteiger partial charge is 0.496 e. The molecule has 2 aromatic rings. The van der Waals surface area contributed by atoms with Crippen molar-refractivity contribution in [2.75, 3.05) is 7.11 Å². The average Bonchev–Trinajstić information content (AvgIpc) is 2.71. The number of benzene rings is 2. The molecule has 7 heteroatoms. The third kappa shape index (κ3) is 4.76. The number of hydrogen-bond donors (Lipinski definition) is 0. The second-order valence-corrected chi connectivity index (χ2v) is 7.67. The van der Waals surface area contributed by atoms with E-state index in [1.54, 1.807) is 32.9 Å². The van der Waals surface area contributed by atoms with E-state index in [4.69, 9.17) is 9.47 Å². The molecule has 0 aliphatic carbocycles. The van der Waals surface area contributed by atoms with Crippen LogP contribution in [0.5, 0.6) is 5.75 Å². The van der Waals surface area contributed by atoms with Crippen molar-refractivity contribution in [3.8, 4) is 5.75 Å². The van der Waals surface area contributed by atoms with Gasteiger partial charge in [0.1, 0.15) is 17.4 Å². The zero-order valence-corrected chi connectivity index (χ0v) is 17.9. The van der Waals surface area contributed by atoms with Crippen LogP contribution in [0.4, 0.5) is 8.78 Å². The molecule has 31 heavy (non-hydrogen) atoms. The summed E-state index contributed by atoms with van der Waals surface area (Å²) in [5.74, 6) is -2.28. The van der Waals surface area contributed by atoms with Gasteiger partial charge in [0.2, 0.25) is 5.91 Å². The molecule has 0 saturated heterocycles. The molecular formula is C24H25F2NO4. The lowest BCUT2D eigenvalue weighted by atomic mass is 9.83. The number of carbonyl (C=O) groups is 2. The number of carbonyl (C=O) groups excluding carboxylic acids is 2. The van der Waals surface area contributed by atoms with Gasteiger partial charge in [-0.3, -0.25) is 4.79 Å². The maximum Gasteiger partial charge on any atom is 0.336 e. The van der Waals surface area contributed by atoms with E-state index in [0.29, 0.717) is 22.6 Å².